The van der Waals surface area contributed by atoms with Gasteiger partial charge in [0, 0.05) is 22.4 Å². The zero-order chi connectivity index (χ0) is 18.6. The van der Waals surface area contributed by atoms with E-state index in [4.69, 9.17) is 19.5 Å². The van der Waals surface area contributed by atoms with Gasteiger partial charge in [-0.3, -0.25) is 0 Å². The van der Waals surface area contributed by atoms with E-state index in [0.717, 1.165) is 43.6 Å². The van der Waals surface area contributed by atoms with Gasteiger partial charge in [-0.1, -0.05) is 41.7 Å². The molecule has 0 N–H and O–H groups in total. The normalized spacial score (nSPS) is 13.0. The minimum atomic E-state index is 0.716. The van der Waals surface area contributed by atoms with Crippen LogP contribution in [0.5, 0.6) is 11.5 Å². The Balaban J connectivity index is 1.45. The third kappa shape index (κ3) is 4.15. The predicted molar refractivity (Wildman–Crippen MR) is 117 cm³/mol. The van der Waals surface area contributed by atoms with Gasteiger partial charge < -0.3 is 9.47 Å². The van der Waals surface area contributed by atoms with Crippen LogP contribution in [0, 0.1) is 0 Å². The van der Waals surface area contributed by atoms with Gasteiger partial charge in [-0.05, 0) is 29.8 Å². The maximum absolute atomic E-state index is 5.39. The fourth-order valence-electron chi connectivity index (χ4n) is 2.70. The highest BCUT2D eigenvalue weighted by atomic mass is 32.2. The van der Waals surface area contributed by atoms with Crippen LogP contribution in [0.4, 0.5) is 5.69 Å². The van der Waals surface area contributed by atoms with Gasteiger partial charge >= 0.3 is 0 Å². The molecule has 1 aliphatic heterocycles. The zero-order valence-corrected chi connectivity index (χ0v) is 17.4. The lowest BCUT2D eigenvalue weighted by molar-refractivity contribution is 0.355. The Hall–Kier alpha value is -1.96. The second-order valence-electron chi connectivity index (χ2n) is 5.80. The molecule has 0 atom stereocenters. The van der Waals surface area contributed by atoms with Crippen molar-refractivity contribution in [3.05, 3.63) is 59.1 Å². The van der Waals surface area contributed by atoms with E-state index in [9.17, 15) is 0 Å². The van der Waals surface area contributed by atoms with Crippen LogP contribution in [0.15, 0.2) is 52.8 Å². The Morgan fingerprint density at radius 3 is 2.78 bits per heavy atom. The van der Waals surface area contributed by atoms with Crippen LogP contribution in [0.25, 0.3) is 10.6 Å². The molecule has 0 radical (unpaired) electrons. The highest BCUT2D eigenvalue weighted by Gasteiger charge is 2.14. The van der Waals surface area contributed by atoms with Gasteiger partial charge in [0.15, 0.2) is 11.5 Å². The Kier molecular flexibility index (Phi) is 5.71. The summed E-state index contributed by atoms with van der Waals surface area (Å²) in [7, 11) is 3.28. The molecule has 0 aliphatic carbocycles. The average molecular weight is 415 g/mol. The molecular weight excluding hydrogens is 396 g/mol. The molecule has 7 heteroatoms. The lowest BCUT2D eigenvalue weighted by atomic mass is 10.2. The largest absolute Gasteiger partial charge is 0.493 e. The molecule has 0 unspecified atom stereocenters. The van der Waals surface area contributed by atoms with Gasteiger partial charge in [-0.25, -0.2) is 9.98 Å². The molecule has 27 heavy (non-hydrogen) atoms. The topological polar surface area (TPSA) is 43.7 Å². The van der Waals surface area contributed by atoms with Gasteiger partial charge in [0.25, 0.3) is 0 Å². The number of aliphatic imine (C=N–C) groups is 1. The molecule has 0 bridgehead atoms. The number of hydrogen-bond donors (Lipinski definition) is 0. The van der Waals surface area contributed by atoms with Gasteiger partial charge in [0.05, 0.1) is 25.6 Å². The summed E-state index contributed by atoms with van der Waals surface area (Å²) in [6, 6.07) is 14.2. The summed E-state index contributed by atoms with van der Waals surface area (Å²) in [6.07, 6.45) is 0. The summed E-state index contributed by atoms with van der Waals surface area (Å²) in [5.74, 6) is 3.24. The highest BCUT2D eigenvalue weighted by Crippen LogP contribution is 2.37. The molecule has 1 aliphatic rings. The molecule has 0 spiro atoms. The summed E-state index contributed by atoms with van der Waals surface area (Å²) >= 11 is 5.19. The molecule has 0 amide bonds. The molecule has 4 rings (SSSR count). The van der Waals surface area contributed by atoms with Gasteiger partial charge in [-0.2, -0.15) is 0 Å². The molecule has 138 valence electrons. The molecule has 4 nitrogen and oxygen atoms in total. The quantitative estimate of drug-likeness (QED) is 0.513. The molecule has 0 saturated heterocycles. The van der Waals surface area contributed by atoms with Crippen molar-refractivity contribution in [2.24, 2.45) is 4.99 Å². The number of nitrogens with zero attached hydrogens (tertiary/aromatic N) is 2. The van der Waals surface area contributed by atoms with Gasteiger partial charge in [-0.15, -0.1) is 11.3 Å². The Morgan fingerprint density at radius 2 is 1.93 bits per heavy atom. The van der Waals surface area contributed by atoms with E-state index < -0.39 is 0 Å². The minimum Gasteiger partial charge on any atom is -0.493 e. The molecule has 3 aromatic rings. The number of aromatic nitrogens is 1. The third-order valence-electron chi connectivity index (χ3n) is 4.08. The van der Waals surface area contributed by atoms with Crippen LogP contribution >= 0.6 is 34.9 Å². The van der Waals surface area contributed by atoms with Crippen LogP contribution in [-0.2, 0) is 11.5 Å². The summed E-state index contributed by atoms with van der Waals surface area (Å²) in [5.41, 5.74) is 4.49. The van der Waals surface area contributed by atoms with Gasteiger partial charge in [0.2, 0.25) is 0 Å². The van der Waals surface area contributed by atoms with Crippen molar-refractivity contribution >= 4 is 44.9 Å². The predicted octanol–water partition coefficient (Wildman–Crippen LogP) is 6.00. The maximum Gasteiger partial charge on any atom is 0.161 e. The number of rotatable bonds is 5. The smallest absolute Gasteiger partial charge is 0.161 e. The van der Waals surface area contributed by atoms with E-state index in [1.165, 1.54) is 5.56 Å². The zero-order valence-electron chi connectivity index (χ0n) is 15.0. The number of fused-ring (bicyclic) bond motifs is 1. The lowest BCUT2D eigenvalue weighted by Gasteiger charge is -2.13. The first-order valence-electron chi connectivity index (χ1n) is 8.36. The molecule has 1 aromatic heterocycles. The van der Waals surface area contributed by atoms with Crippen LogP contribution in [0.1, 0.15) is 11.3 Å². The number of methoxy groups -OCH3 is 2. The summed E-state index contributed by atoms with van der Waals surface area (Å²) < 4.78 is 11.8. The average Bonchev–Trinajstić information content (AvgIpc) is 3.20. The number of para-hydroxylation sites is 1. The SMILES string of the molecule is COc1ccc(-c2nc(CSC3=Nc4ccccc4CS3)cs2)cc1OC. The number of benzene rings is 2. The Bertz CT molecular complexity index is 985. The Labute approximate surface area is 171 Å². The lowest BCUT2D eigenvalue weighted by Crippen LogP contribution is -1.96. The maximum atomic E-state index is 5.39. The van der Waals surface area contributed by atoms with Crippen LogP contribution in [0.3, 0.4) is 0 Å². The summed E-state index contributed by atoms with van der Waals surface area (Å²) in [5, 5.41) is 3.09. The van der Waals surface area contributed by atoms with E-state index in [0.29, 0.717) is 5.75 Å². The fourth-order valence-corrected chi connectivity index (χ4v) is 5.57. The monoisotopic (exact) mass is 414 g/mol. The number of hydrogen-bond acceptors (Lipinski definition) is 7. The van der Waals surface area contributed by atoms with E-state index in [-0.39, 0.29) is 0 Å². The van der Waals surface area contributed by atoms with Crippen LogP contribution in [-0.4, -0.2) is 23.6 Å². The molecule has 0 fully saturated rings. The van der Waals surface area contributed by atoms with Crippen molar-refractivity contribution in [3.63, 3.8) is 0 Å². The van der Waals surface area contributed by atoms with Gasteiger partial charge in [0.1, 0.15) is 9.38 Å². The minimum absolute atomic E-state index is 0.716. The van der Waals surface area contributed by atoms with Crippen molar-refractivity contribution in [2.45, 2.75) is 11.5 Å². The first-order chi connectivity index (χ1) is 13.3. The Morgan fingerprint density at radius 1 is 1.07 bits per heavy atom. The second kappa shape index (κ2) is 8.37. The second-order valence-corrected chi connectivity index (χ2v) is 8.84. The first-order valence-corrected chi connectivity index (χ1v) is 11.2. The van der Waals surface area contributed by atoms with E-state index >= 15 is 0 Å². The van der Waals surface area contributed by atoms with Crippen molar-refractivity contribution in [1.82, 2.24) is 4.98 Å². The molecule has 0 saturated carbocycles. The van der Waals surface area contributed by atoms with Crippen LogP contribution in [0.2, 0.25) is 0 Å². The molecule has 2 heterocycles. The summed E-state index contributed by atoms with van der Waals surface area (Å²) in [4.78, 5) is 9.53. The summed E-state index contributed by atoms with van der Waals surface area (Å²) in [6.45, 7) is 0. The van der Waals surface area contributed by atoms with Crippen molar-refractivity contribution in [3.8, 4) is 22.1 Å². The van der Waals surface area contributed by atoms with Crippen molar-refractivity contribution < 1.29 is 9.47 Å². The van der Waals surface area contributed by atoms with E-state index in [2.05, 4.69) is 23.6 Å². The van der Waals surface area contributed by atoms with E-state index in [1.807, 2.05) is 24.3 Å². The van der Waals surface area contributed by atoms with E-state index in [1.54, 1.807) is 49.1 Å². The van der Waals surface area contributed by atoms with Crippen molar-refractivity contribution in [1.29, 1.82) is 0 Å². The molecule has 2 aromatic carbocycles. The number of thioether (sulfide) groups is 2. The highest BCUT2D eigenvalue weighted by molar-refractivity contribution is 8.38. The van der Waals surface area contributed by atoms with Crippen molar-refractivity contribution in [2.75, 3.05) is 14.2 Å². The third-order valence-corrected chi connectivity index (χ3v) is 7.30. The van der Waals surface area contributed by atoms with Crippen LogP contribution < -0.4 is 9.47 Å². The fraction of sp³-hybridized carbons (Fsp3) is 0.200. The molecular formula is C20H18N2O2S3. The number of ether oxygens (including phenoxy) is 2. The number of thiazole rings is 1. The first kappa shape index (κ1) is 18.4. The standard InChI is InChI=1S/C20H18N2O2S3/c1-23-17-8-7-13(9-18(17)24-2)19-21-15(11-25-19)12-27-20-22-16-6-4-3-5-14(16)10-26-20/h3-9,11H,10,12H2,1-2H3.